The first kappa shape index (κ1) is 19.8. The highest BCUT2D eigenvalue weighted by Crippen LogP contribution is 2.33. The summed E-state index contributed by atoms with van der Waals surface area (Å²) in [5.41, 5.74) is 1.71. The Bertz CT molecular complexity index is 900. The highest BCUT2D eigenvalue weighted by atomic mass is 79.9. The predicted molar refractivity (Wildman–Crippen MR) is 118 cm³/mol. The second-order valence-electron chi connectivity index (χ2n) is 5.91. The number of carbonyl (C=O) groups excluding carboxylic acids is 2. The molecule has 3 rings (SSSR count). The number of para-hydroxylation sites is 1. The lowest BCUT2D eigenvalue weighted by molar-refractivity contribution is -0.122. The molecular weight excluding hydrogens is 444 g/mol. The SMILES string of the molecule is O=C(CCCN1C(=O)/C(=C/c2cccc(Br)c2)SC1=S)Nc1ccccc1. The largest absolute Gasteiger partial charge is 0.326 e. The van der Waals surface area contributed by atoms with Crippen LogP contribution in [0.2, 0.25) is 0 Å². The minimum atomic E-state index is -0.103. The van der Waals surface area contributed by atoms with Crippen LogP contribution < -0.4 is 5.32 Å². The van der Waals surface area contributed by atoms with Crippen LogP contribution in [0, 0.1) is 0 Å². The van der Waals surface area contributed by atoms with Crippen LogP contribution in [0.15, 0.2) is 64.0 Å². The molecule has 1 aliphatic heterocycles. The van der Waals surface area contributed by atoms with Crippen LogP contribution in [0.3, 0.4) is 0 Å². The molecule has 0 aliphatic carbocycles. The van der Waals surface area contributed by atoms with E-state index in [-0.39, 0.29) is 11.8 Å². The zero-order valence-corrected chi connectivity index (χ0v) is 17.6. The molecule has 4 nitrogen and oxygen atoms in total. The van der Waals surface area contributed by atoms with E-state index in [0.717, 1.165) is 15.7 Å². The molecule has 0 saturated carbocycles. The van der Waals surface area contributed by atoms with Crippen LogP contribution in [0.5, 0.6) is 0 Å². The first-order chi connectivity index (χ1) is 13.0. The van der Waals surface area contributed by atoms with Gasteiger partial charge in [0.2, 0.25) is 5.91 Å². The van der Waals surface area contributed by atoms with E-state index in [1.165, 1.54) is 11.8 Å². The molecule has 2 amide bonds. The molecule has 1 fully saturated rings. The van der Waals surface area contributed by atoms with E-state index in [2.05, 4.69) is 21.2 Å². The number of nitrogens with one attached hydrogen (secondary N) is 1. The van der Waals surface area contributed by atoms with Crippen LogP contribution in [-0.2, 0) is 9.59 Å². The van der Waals surface area contributed by atoms with Gasteiger partial charge in [-0.15, -0.1) is 0 Å². The number of carbonyl (C=O) groups is 2. The third kappa shape index (κ3) is 5.51. The van der Waals surface area contributed by atoms with E-state index in [0.29, 0.717) is 28.6 Å². The van der Waals surface area contributed by atoms with Crippen molar-refractivity contribution in [1.82, 2.24) is 4.90 Å². The number of nitrogens with zero attached hydrogens (tertiary/aromatic N) is 1. The lowest BCUT2D eigenvalue weighted by Crippen LogP contribution is -2.29. The summed E-state index contributed by atoms with van der Waals surface area (Å²) in [6.07, 6.45) is 2.72. The van der Waals surface area contributed by atoms with Gasteiger partial charge in [0.15, 0.2) is 0 Å². The summed E-state index contributed by atoms with van der Waals surface area (Å²) in [7, 11) is 0. The molecule has 1 heterocycles. The Hall–Kier alpha value is -1.96. The smallest absolute Gasteiger partial charge is 0.266 e. The number of thiocarbonyl (C=S) groups is 1. The van der Waals surface area contributed by atoms with Gasteiger partial charge in [-0.05, 0) is 42.3 Å². The van der Waals surface area contributed by atoms with Crippen LogP contribution in [0.25, 0.3) is 6.08 Å². The summed E-state index contributed by atoms with van der Waals surface area (Å²) in [5.74, 6) is -0.176. The number of rotatable bonds is 6. The van der Waals surface area contributed by atoms with Gasteiger partial charge in [0.05, 0.1) is 4.91 Å². The maximum Gasteiger partial charge on any atom is 0.266 e. The summed E-state index contributed by atoms with van der Waals surface area (Å²) in [4.78, 5) is 26.8. The molecule has 2 aromatic rings. The molecule has 27 heavy (non-hydrogen) atoms. The minimum absolute atomic E-state index is 0.0729. The fourth-order valence-electron chi connectivity index (χ4n) is 2.58. The monoisotopic (exact) mass is 460 g/mol. The van der Waals surface area contributed by atoms with Crippen molar-refractivity contribution in [3.05, 3.63) is 69.5 Å². The summed E-state index contributed by atoms with van der Waals surface area (Å²) in [6, 6.07) is 17.0. The molecule has 0 unspecified atom stereocenters. The number of halogens is 1. The first-order valence-electron chi connectivity index (χ1n) is 8.39. The van der Waals surface area contributed by atoms with Crippen LogP contribution in [-0.4, -0.2) is 27.6 Å². The third-order valence-electron chi connectivity index (χ3n) is 3.86. The Morgan fingerprint density at radius 3 is 2.70 bits per heavy atom. The molecule has 0 aromatic heterocycles. The zero-order valence-electron chi connectivity index (χ0n) is 14.4. The van der Waals surface area contributed by atoms with Crippen molar-refractivity contribution in [2.24, 2.45) is 0 Å². The van der Waals surface area contributed by atoms with E-state index >= 15 is 0 Å². The van der Waals surface area contributed by atoms with Crippen molar-refractivity contribution in [2.75, 3.05) is 11.9 Å². The van der Waals surface area contributed by atoms with Crippen molar-refractivity contribution in [3.8, 4) is 0 Å². The summed E-state index contributed by atoms with van der Waals surface area (Å²) in [5, 5.41) is 2.84. The van der Waals surface area contributed by atoms with Crippen molar-refractivity contribution >= 4 is 67.8 Å². The molecule has 1 N–H and O–H groups in total. The number of anilines is 1. The van der Waals surface area contributed by atoms with Crippen molar-refractivity contribution < 1.29 is 9.59 Å². The average Bonchev–Trinajstić information content (AvgIpc) is 2.90. The predicted octanol–water partition coefficient (Wildman–Crippen LogP) is 5.07. The summed E-state index contributed by atoms with van der Waals surface area (Å²) in [6.45, 7) is 0.433. The van der Waals surface area contributed by atoms with Gasteiger partial charge in [0.25, 0.3) is 5.91 Å². The lowest BCUT2D eigenvalue weighted by atomic mass is 10.2. The van der Waals surface area contributed by atoms with Gasteiger partial charge in [-0.1, -0.05) is 70.2 Å². The molecule has 1 saturated heterocycles. The molecule has 0 atom stereocenters. The number of hydrogen-bond acceptors (Lipinski definition) is 4. The van der Waals surface area contributed by atoms with Crippen LogP contribution in [0.4, 0.5) is 5.69 Å². The number of benzene rings is 2. The Morgan fingerprint density at radius 2 is 1.96 bits per heavy atom. The zero-order chi connectivity index (χ0) is 19.2. The fourth-order valence-corrected chi connectivity index (χ4v) is 4.31. The second kappa shape index (κ2) is 9.30. The third-order valence-corrected chi connectivity index (χ3v) is 5.73. The Kier molecular flexibility index (Phi) is 6.82. The minimum Gasteiger partial charge on any atom is -0.326 e. The average molecular weight is 461 g/mol. The first-order valence-corrected chi connectivity index (χ1v) is 10.4. The van der Waals surface area contributed by atoms with Gasteiger partial charge in [-0.25, -0.2) is 0 Å². The summed E-state index contributed by atoms with van der Waals surface area (Å²) >= 11 is 10.1. The normalized spacial score (nSPS) is 15.4. The highest BCUT2D eigenvalue weighted by Gasteiger charge is 2.31. The van der Waals surface area contributed by atoms with E-state index in [1.807, 2.05) is 60.7 Å². The standard InChI is InChI=1S/C20H17BrN2O2S2/c21-15-7-4-6-14(12-15)13-17-19(25)23(20(26)27-17)11-5-10-18(24)22-16-8-2-1-3-9-16/h1-4,6-9,12-13H,5,10-11H2,(H,22,24)/b17-13-. The van der Waals surface area contributed by atoms with E-state index < -0.39 is 0 Å². The lowest BCUT2D eigenvalue weighted by Gasteiger charge is -2.14. The van der Waals surface area contributed by atoms with Gasteiger partial charge < -0.3 is 5.32 Å². The van der Waals surface area contributed by atoms with E-state index in [9.17, 15) is 9.59 Å². The van der Waals surface area contributed by atoms with Crippen molar-refractivity contribution in [1.29, 1.82) is 0 Å². The molecule has 0 radical (unpaired) electrons. The topological polar surface area (TPSA) is 49.4 Å². The number of thioether (sulfide) groups is 1. The van der Waals surface area contributed by atoms with Gasteiger partial charge >= 0.3 is 0 Å². The Labute approximate surface area is 176 Å². The van der Waals surface area contributed by atoms with E-state index in [4.69, 9.17) is 12.2 Å². The van der Waals surface area contributed by atoms with E-state index in [1.54, 1.807) is 4.90 Å². The summed E-state index contributed by atoms with van der Waals surface area (Å²) < 4.78 is 1.49. The van der Waals surface area contributed by atoms with Crippen molar-refractivity contribution in [2.45, 2.75) is 12.8 Å². The van der Waals surface area contributed by atoms with Gasteiger partial charge in [-0.3, -0.25) is 14.5 Å². The van der Waals surface area contributed by atoms with Crippen LogP contribution in [0.1, 0.15) is 18.4 Å². The van der Waals surface area contributed by atoms with Crippen molar-refractivity contribution in [3.63, 3.8) is 0 Å². The maximum absolute atomic E-state index is 12.6. The highest BCUT2D eigenvalue weighted by molar-refractivity contribution is 9.10. The Morgan fingerprint density at radius 1 is 1.19 bits per heavy atom. The fraction of sp³-hybridized carbons (Fsp3) is 0.150. The molecular formula is C20H17BrN2O2S2. The van der Waals surface area contributed by atoms with Gasteiger partial charge in [0.1, 0.15) is 4.32 Å². The quantitative estimate of drug-likeness (QED) is 0.482. The van der Waals surface area contributed by atoms with Gasteiger partial charge in [0, 0.05) is 23.1 Å². The molecule has 1 aliphatic rings. The Balaban J connectivity index is 1.54. The number of amides is 2. The number of hydrogen-bond donors (Lipinski definition) is 1. The maximum atomic E-state index is 12.6. The van der Waals surface area contributed by atoms with Crippen LogP contribution >= 0.6 is 39.9 Å². The molecule has 2 aromatic carbocycles. The molecule has 0 spiro atoms. The molecule has 138 valence electrons. The molecule has 7 heteroatoms. The van der Waals surface area contributed by atoms with Gasteiger partial charge in [-0.2, -0.15) is 0 Å². The second-order valence-corrected chi connectivity index (χ2v) is 8.50. The molecule has 0 bridgehead atoms.